The molecule has 0 bridgehead atoms. The molecule has 2 aromatic carbocycles. The lowest BCUT2D eigenvalue weighted by molar-refractivity contribution is -0.143. The summed E-state index contributed by atoms with van der Waals surface area (Å²) in [4.78, 5) is 27.2. The fourth-order valence-electron chi connectivity index (χ4n) is 5.84. The molecule has 0 unspecified atom stereocenters. The van der Waals surface area contributed by atoms with Crippen LogP contribution in [0.4, 0.5) is 4.79 Å². The van der Waals surface area contributed by atoms with Gasteiger partial charge in [0.15, 0.2) is 0 Å². The fourth-order valence-corrected chi connectivity index (χ4v) is 10.4. The predicted molar refractivity (Wildman–Crippen MR) is 148 cm³/mol. The van der Waals surface area contributed by atoms with Gasteiger partial charge in [0.25, 0.3) is 8.32 Å². The molecule has 4 rings (SSSR count). The zero-order chi connectivity index (χ0) is 26.8. The Balaban J connectivity index is 1.68. The smallest absolute Gasteiger partial charge is 0.410 e. The summed E-state index contributed by atoms with van der Waals surface area (Å²) in [6.07, 6.45) is 1.90. The molecule has 2 fully saturated rings. The average molecular weight is 524 g/mol. The van der Waals surface area contributed by atoms with Crippen molar-refractivity contribution in [2.45, 2.75) is 96.1 Å². The Hall–Kier alpha value is -2.64. The third-order valence-corrected chi connectivity index (χ3v) is 12.4. The van der Waals surface area contributed by atoms with Gasteiger partial charge >= 0.3 is 12.1 Å². The Morgan fingerprint density at radius 2 is 1.49 bits per heavy atom. The zero-order valence-corrected chi connectivity index (χ0v) is 24.0. The summed E-state index contributed by atoms with van der Waals surface area (Å²) in [5.41, 5.74) is -0.625. The maximum atomic E-state index is 13.5. The number of likely N-dealkylation sites (tertiary alicyclic amines) is 1. The minimum Gasteiger partial charge on any atom is -0.460 e. The topological polar surface area (TPSA) is 65.1 Å². The van der Waals surface area contributed by atoms with E-state index in [1.54, 1.807) is 0 Å². The highest BCUT2D eigenvalue weighted by Crippen LogP contribution is 2.39. The van der Waals surface area contributed by atoms with Gasteiger partial charge < -0.3 is 13.9 Å². The number of benzene rings is 2. The van der Waals surface area contributed by atoms with E-state index < -0.39 is 13.9 Å². The van der Waals surface area contributed by atoms with Crippen LogP contribution in [0.3, 0.4) is 0 Å². The van der Waals surface area contributed by atoms with Crippen molar-refractivity contribution in [3.63, 3.8) is 0 Å². The van der Waals surface area contributed by atoms with Crippen LogP contribution in [0.5, 0.6) is 0 Å². The molecule has 0 radical (unpaired) electrons. The van der Waals surface area contributed by atoms with Crippen LogP contribution in [0.15, 0.2) is 60.7 Å². The highest BCUT2D eigenvalue weighted by atomic mass is 28.4. The molecular weight excluding hydrogens is 482 g/mol. The van der Waals surface area contributed by atoms with Crippen molar-refractivity contribution in [1.82, 2.24) is 4.90 Å². The van der Waals surface area contributed by atoms with Crippen molar-refractivity contribution in [2.24, 2.45) is 0 Å². The van der Waals surface area contributed by atoms with Gasteiger partial charge in [-0.3, -0.25) is 9.69 Å². The summed E-state index contributed by atoms with van der Waals surface area (Å²) in [5.74, 6) is -0.193. The fraction of sp³-hybridized carbons (Fsp3) is 0.533. The molecular formula is C30H41NO5Si. The van der Waals surface area contributed by atoms with E-state index in [9.17, 15) is 9.59 Å². The van der Waals surface area contributed by atoms with Crippen LogP contribution in [0, 0.1) is 0 Å². The van der Waals surface area contributed by atoms with Gasteiger partial charge in [0.05, 0.1) is 18.7 Å². The Morgan fingerprint density at radius 1 is 0.919 bits per heavy atom. The molecule has 0 aliphatic carbocycles. The van der Waals surface area contributed by atoms with Crippen molar-refractivity contribution in [3.8, 4) is 0 Å². The van der Waals surface area contributed by atoms with E-state index in [-0.39, 0.29) is 35.3 Å². The maximum absolute atomic E-state index is 13.5. The molecule has 0 aromatic heterocycles. The quantitative estimate of drug-likeness (QED) is 0.392. The molecule has 0 N–H and O–H groups in total. The Bertz CT molecular complexity index is 1040. The summed E-state index contributed by atoms with van der Waals surface area (Å²) < 4.78 is 18.6. The van der Waals surface area contributed by atoms with Gasteiger partial charge in [-0.25, -0.2) is 4.79 Å². The molecule has 0 spiro atoms. The summed E-state index contributed by atoms with van der Waals surface area (Å²) in [6.45, 7) is 12.8. The molecule has 6 nitrogen and oxygen atoms in total. The van der Waals surface area contributed by atoms with Gasteiger partial charge in [-0.15, -0.1) is 0 Å². The second kappa shape index (κ2) is 10.6. The van der Waals surface area contributed by atoms with E-state index in [4.69, 9.17) is 13.9 Å². The first-order valence-electron chi connectivity index (χ1n) is 13.4. The summed E-state index contributed by atoms with van der Waals surface area (Å²) >= 11 is 0. The SMILES string of the molecule is CC(C)(C)OC(=O)N1[C@H](CO[Si](c2ccccc2)(c2ccccc2)C(C)(C)C)CC[C@H]1[C@@H]1CCC(=O)O1. The molecule has 3 atom stereocenters. The molecule has 1 amide bonds. The number of nitrogens with zero attached hydrogens (tertiary/aromatic N) is 1. The third kappa shape index (κ3) is 5.78. The van der Waals surface area contributed by atoms with Crippen LogP contribution in [0.1, 0.15) is 67.2 Å². The minimum atomic E-state index is -2.76. The van der Waals surface area contributed by atoms with Crippen molar-refractivity contribution >= 4 is 30.8 Å². The van der Waals surface area contributed by atoms with Gasteiger partial charge in [0.2, 0.25) is 0 Å². The standard InChI is InChI=1S/C30H41NO5Si/c1-29(2,3)36-28(33)31-22(17-18-25(31)26-19-20-27(32)35-26)21-34-37(30(4,5)6,23-13-9-7-10-14-23)24-15-11-8-12-16-24/h7-16,22,25-26H,17-21H2,1-6H3/t22-,25-,26-/m0/s1. The summed E-state index contributed by atoms with van der Waals surface area (Å²) in [6, 6.07) is 20.7. The van der Waals surface area contributed by atoms with Crippen LogP contribution >= 0.6 is 0 Å². The molecule has 7 heteroatoms. The molecule has 2 heterocycles. The number of amides is 1. The number of cyclic esters (lactones) is 1. The average Bonchev–Trinajstić information content (AvgIpc) is 3.45. The molecule has 0 saturated carbocycles. The highest BCUT2D eigenvalue weighted by Gasteiger charge is 2.52. The lowest BCUT2D eigenvalue weighted by Gasteiger charge is -2.44. The number of ether oxygens (including phenoxy) is 2. The number of carbonyl (C=O) groups excluding carboxylic acids is 2. The first-order chi connectivity index (χ1) is 17.4. The van der Waals surface area contributed by atoms with Crippen molar-refractivity contribution in [1.29, 1.82) is 0 Å². The van der Waals surface area contributed by atoms with E-state index in [0.717, 1.165) is 12.8 Å². The second-order valence-corrected chi connectivity index (χ2v) is 16.5. The monoisotopic (exact) mass is 523 g/mol. The lowest BCUT2D eigenvalue weighted by atomic mass is 10.1. The van der Waals surface area contributed by atoms with Gasteiger partial charge in [0, 0.05) is 6.42 Å². The van der Waals surface area contributed by atoms with Gasteiger partial charge in [0.1, 0.15) is 11.7 Å². The van der Waals surface area contributed by atoms with E-state index in [0.29, 0.717) is 19.4 Å². The Morgan fingerprint density at radius 3 is 1.95 bits per heavy atom. The summed E-state index contributed by atoms with van der Waals surface area (Å²) in [5, 5.41) is 2.25. The molecule has 200 valence electrons. The van der Waals surface area contributed by atoms with Crippen molar-refractivity contribution in [2.75, 3.05) is 6.61 Å². The van der Waals surface area contributed by atoms with Crippen LogP contribution in [0.25, 0.3) is 0 Å². The van der Waals surface area contributed by atoms with Crippen LogP contribution in [-0.4, -0.2) is 55.7 Å². The van der Waals surface area contributed by atoms with Crippen molar-refractivity contribution in [3.05, 3.63) is 60.7 Å². The predicted octanol–water partition coefficient (Wildman–Crippen LogP) is 5.04. The van der Waals surface area contributed by atoms with Crippen LogP contribution in [-0.2, 0) is 18.7 Å². The first-order valence-corrected chi connectivity index (χ1v) is 15.3. The molecule has 2 saturated heterocycles. The Labute approximate surface area is 222 Å². The number of esters is 1. The van der Waals surface area contributed by atoms with E-state index in [1.165, 1.54) is 10.4 Å². The van der Waals surface area contributed by atoms with Crippen molar-refractivity contribution < 1.29 is 23.5 Å². The van der Waals surface area contributed by atoms with E-state index in [1.807, 2.05) is 37.8 Å². The number of hydrogen-bond acceptors (Lipinski definition) is 5. The number of carbonyl (C=O) groups is 2. The van der Waals surface area contributed by atoms with Gasteiger partial charge in [-0.1, -0.05) is 81.4 Å². The number of hydrogen-bond donors (Lipinski definition) is 0. The van der Waals surface area contributed by atoms with Crippen LogP contribution < -0.4 is 10.4 Å². The molecule has 2 aliphatic rings. The Kier molecular flexibility index (Phi) is 7.86. The van der Waals surface area contributed by atoms with Gasteiger partial charge in [-0.05, 0) is 55.4 Å². The first kappa shape index (κ1) is 27.4. The normalized spacial score (nSPS) is 22.7. The third-order valence-electron chi connectivity index (χ3n) is 7.40. The maximum Gasteiger partial charge on any atom is 0.410 e. The largest absolute Gasteiger partial charge is 0.460 e. The lowest BCUT2D eigenvalue weighted by Crippen LogP contribution is -2.67. The highest BCUT2D eigenvalue weighted by molar-refractivity contribution is 6.99. The minimum absolute atomic E-state index is 0.161. The molecule has 2 aromatic rings. The van der Waals surface area contributed by atoms with E-state index in [2.05, 4.69) is 69.3 Å². The molecule has 37 heavy (non-hydrogen) atoms. The molecule has 2 aliphatic heterocycles. The number of rotatable bonds is 6. The van der Waals surface area contributed by atoms with Gasteiger partial charge in [-0.2, -0.15) is 0 Å². The summed E-state index contributed by atoms with van der Waals surface area (Å²) in [7, 11) is -2.76. The van der Waals surface area contributed by atoms with Crippen LogP contribution in [0.2, 0.25) is 5.04 Å². The second-order valence-electron chi connectivity index (χ2n) is 12.2. The zero-order valence-electron chi connectivity index (χ0n) is 23.0. The van der Waals surface area contributed by atoms with E-state index >= 15 is 0 Å².